The molecular weight excluding hydrogens is 346 g/mol. The van der Waals surface area contributed by atoms with Gasteiger partial charge in [0.2, 0.25) is 11.8 Å². The number of hydrogen-bond donors (Lipinski definition) is 2. The number of benzene rings is 1. The summed E-state index contributed by atoms with van der Waals surface area (Å²) in [6.07, 6.45) is 5.15. The summed E-state index contributed by atoms with van der Waals surface area (Å²) in [7, 11) is 0. The molecule has 27 heavy (non-hydrogen) atoms. The van der Waals surface area contributed by atoms with Crippen molar-refractivity contribution in [2.45, 2.75) is 38.1 Å². The maximum atomic E-state index is 12.8. The lowest BCUT2D eigenvalue weighted by atomic mass is 10.0. The van der Waals surface area contributed by atoms with Crippen LogP contribution in [0.15, 0.2) is 30.6 Å². The molecule has 9 heteroatoms. The van der Waals surface area contributed by atoms with Gasteiger partial charge in [0.25, 0.3) is 0 Å². The van der Waals surface area contributed by atoms with Gasteiger partial charge in [0.15, 0.2) is 0 Å². The zero-order valence-electron chi connectivity index (χ0n) is 15.3. The highest BCUT2D eigenvalue weighted by Gasteiger charge is 2.26. The van der Waals surface area contributed by atoms with Gasteiger partial charge in [0.1, 0.15) is 6.33 Å². The van der Waals surface area contributed by atoms with Crippen molar-refractivity contribution in [3.05, 3.63) is 36.2 Å². The number of hydrogen-bond acceptors (Lipinski definition) is 6. The fourth-order valence-corrected chi connectivity index (χ4v) is 3.31. The van der Waals surface area contributed by atoms with E-state index in [0.717, 1.165) is 37.1 Å². The molecule has 1 aromatic carbocycles. The quantitative estimate of drug-likeness (QED) is 0.710. The molecule has 1 aliphatic rings. The molecule has 1 fully saturated rings. The average molecular weight is 371 g/mol. The van der Waals surface area contributed by atoms with E-state index >= 15 is 0 Å². The van der Waals surface area contributed by atoms with Crippen LogP contribution in [0.3, 0.4) is 0 Å². The monoisotopic (exact) mass is 371 g/mol. The summed E-state index contributed by atoms with van der Waals surface area (Å²) in [5, 5.41) is 14.0. The van der Waals surface area contributed by atoms with E-state index in [-0.39, 0.29) is 17.9 Å². The van der Waals surface area contributed by atoms with Gasteiger partial charge in [-0.1, -0.05) is 12.1 Å². The predicted octanol–water partition coefficient (Wildman–Crippen LogP) is 0.0509. The molecule has 2 heterocycles. The second-order valence-corrected chi connectivity index (χ2v) is 6.68. The fourth-order valence-electron chi connectivity index (χ4n) is 3.31. The summed E-state index contributed by atoms with van der Waals surface area (Å²) >= 11 is 0. The number of rotatable bonds is 7. The van der Waals surface area contributed by atoms with E-state index in [9.17, 15) is 9.59 Å². The molecule has 3 rings (SSSR count). The molecule has 1 aliphatic heterocycles. The Labute approximate surface area is 157 Å². The van der Waals surface area contributed by atoms with Crippen LogP contribution in [0, 0.1) is 0 Å². The van der Waals surface area contributed by atoms with Crippen molar-refractivity contribution in [2.24, 2.45) is 5.73 Å². The zero-order valence-corrected chi connectivity index (χ0v) is 15.3. The summed E-state index contributed by atoms with van der Waals surface area (Å²) in [5.41, 5.74) is 7.18. The molecule has 0 bridgehead atoms. The first kappa shape index (κ1) is 19.0. The molecule has 0 aliphatic carbocycles. The second kappa shape index (κ2) is 9.22. The lowest BCUT2D eigenvalue weighted by molar-refractivity contribution is -0.134. The van der Waals surface area contributed by atoms with Gasteiger partial charge in [-0.3, -0.25) is 9.59 Å². The third-order valence-corrected chi connectivity index (χ3v) is 4.76. The Bertz CT molecular complexity index is 746. The first-order valence-corrected chi connectivity index (χ1v) is 9.26. The Hall–Kier alpha value is -2.81. The van der Waals surface area contributed by atoms with Crippen molar-refractivity contribution in [3.63, 3.8) is 0 Å². The molecule has 2 amide bonds. The molecule has 3 N–H and O–H groups in total. The number of tetrazole rings is 1. The molecule has 0 saturated carbocycles. The van der Waals surface area contributed by atoms with Crippen LogP contribution in [0.4, 0.5) is 0 Å². The Morgan fingerprint density at radius 2 is 2.04 bits per heavy atom. The normalized spacial score (nSPS) is 16.9. The number of piperidine rings is 1. The maximum Gasteiger partial charge on any atom is 0.227 e. The Kier molecular flexibility index (Phi) is 6.48. The van der Waals surface area contributed by atoms with Crippen LogP contribution in [-0.2, 0) is 16.0 Å². The summed E-state index contributed by atoms with van der Waals surface area (Å²) in [6, 6.07) is 7.65. The van der Waals surface area contributed by atoms with E-state index in [2.05, 4.69) is 20.8 Å². The Morgan fingerprint density at radius 3 is 2.74 bits per heavy atom. The maximum absolute atomic E-state index is 12.8. The van der Waals surface area contributed by atoms with Gasteiger partial charge in [0.05, 0.1) is 12.1 Å². The third-order valence-electron chi connectivity index (χ3n) is 4.76. The predicted molar refractivity (Wildman–Crippen MR) is 98.9 cm³/mol. The molecule has 0 radical (unpaired) electrons. The molecular formula is C18H25N7O2. The molecule has 144 valence electrons. The highest BCUT2D eigenvalue weighted by atomic mass is 16.2. The third kappa shape index (κ3) is 5.10. The van der Waals surface area contributed by atoms with E-state index in [0.29, 0.717) is 25.9 Å². The SMILES string of the molecule is NCCC(=O)NCC1CCCCN1C(=O)Cc1ccc(-n2cnnn2)cc1. The van der Waals surface area contributed by atoms with E-state index in [1.54, 1.807) is 4.68 Å². The van der Waals surface area contributed by atoms with Crippen molar-refractivity contribution < 1.29 is 9.59 Å². The van der Waals surface area contributed by atoms with Crippen LogP contribution in [0.5, 0.6) is 0 Å². The van der Waals surface area contributed by atoms with Gasteiger partial charge in [0, 0.05) is 32.1 Å². The number of amides is 2. The van der Waals surface area contributed by atoms with E-state index in [1.165, 1.54) is 6.33 Å². The zero-order chi connectivity index (χ0) is 19.1. The number of nitrogens with one attached hydrogen (secondary N) is 1. The standard InChI is InChI=1S/C18H25N7O2/c19-9-8-17(26)20-12-16-3-1-2-10-24(16)18(27)11-14-4-6-15(7-5-14)25-13-21-22-23-25/h4-7,13,16H,1-3,8-12,19H2,(H,20,26). The molecule has 1 unspecified atom stereocenters. The second-order valence-electron chi connectivity index (χ2n) is 6.68. The number of nitrogens with zero attached hydrogens (tertiary/aromatic N) is 5. The van der Waals surface area contributed by atoms with Crippen LogP contribution in [0.1, 0.15) is 31.2 Å². The molecule has 0 spiro atoms. The smallest absolute Gasteiger partial charge is 0.227 e. The molecule has 1 atom stereocenters. The lowest BCUT2D eigenvalue weighted by Crippen LogP contribution is -2.50. The van der Waals surface area contributed by atoms with Gasteiger partial charge in [-0.15, -0.1) is 5.10 Å². The lowest BCUT2D eigenvalue weighted by Gasteiger charge is -2.36. The summed E-state index contributed by atoms with van der Waals surface area (Å²) < 4.78 is 1.57. The van der Waals surface area contributed by atoms with E-state index < -0.39 is 0 Å². The minimum Gasteiger partial charge on any atom is -0.354 e. The summed E-state index contributed by atoms with van der Waals surface area (Å²) in [4.78, 5) is 26.4. The Balaban J connectivity index is 1.58. The highest BCUT2D eigenvalue weighted by Crippen LogP contribution is 2.18. The van der Waals surface area contributed by atoms with Crippen LogP contribution in [0.2, 0.25) is 0 Å². The van der Waals surface area contributed by atoms with Crippen LogP contribution in [-0.4, -0.2) is 62.6 Å². The highest BCUT2D eigenvalue weighted by molar-refractivity contribution is 5.79. The van der Waals surface area contributed by atoms with Crippen molar-refractivity contribution in [3.8, 4) is 5.69 Å². The number of likely N-dealkylation sites (tertiary alicyclic amines) is 1. The van der Waals surface area contributed by atoms with Crippen molar-refractivity contribution in [1.29, 1.82) is 0 Å². The Morgan fingerprint density at radius 1 is 1.22 bits per heavy atom. The summed E-state index contributed by atoms with van der Waals surface area (Å²) in [6.45, 7) is 1.56. The number of carbonyl (C=O) groups excluding carboxylic acids is 2. The first-order valence-electron chi connectivity index (χ1n) is 9.26. The molecule has 2 aromatic rings. The van der Waals surface area contributed by atoms with Crippen molar-refractivity contribution in [1.82, 2.24) is 30.4 Å². The molecule has 1 aromatic heterocycles. The largest absolute Gasteiger partial charge is 0.354 e. The van der Waals surface area contributed by atoms with Gasteiger partial charge in [-0.05, 0) is 47.4 Å². The molecule has 9 nitrogen and oxygen atoms in total. The van der Waals surface area contributed by atoms with Gasteiger partial charge in [-0.2, -0.15) is 0 Å². The minimum atomic E-state index is -0.0614. The van der Waals surface area contributed by atoms with Crippen LogP contribution < -0.4 is 11.1 Å². The van der Waals surface area contributed by atoms with Crippen LogP contribution >= 0.6 is 0 Å². The number of aromatic nitrogens is 4. The van der Waals surface area contributed by atoms with Crippen LogP contribution in [0.25, 0.3) is 5.69 Å². The van der Waals surface area contributed by atoms with Crippen molar-refractivity contribution in [2.75, 3.05) is 19.6 Å². The average Bonchev–Trinajstić information content (AvgIpc) is 3.22. The minimum absolute atomic E-state index is 0.0495. The van der Waals surface area contributed by atoms with E-state index in [1.807, 2.05) is 29.2 Å². The topological polar surface area (TPSA) is 119 Å². The van der Waals surface area contributed by atoms with Gasteiger partial charge in [-0.25, -0.2) is 4.68 Å². The fraction of sp³-hybridized carbons (Fsp3) is 0.500. The van der Waals surface area contributed by atoms with Gasteiger partial charge >= 0.3 is 0 Å². The summed E-state index contributed by atoms with van der Waals surface area (Å²) in [5.74, 6) is 0.0246. The first-order chi connectivity index (χ1) is 13.2. The number of nitrogens with two attached hydrogens (primary N) is 1. The molecule has 1 saturated heterocycles. The number of carbonyl (C=O) groups is 2. The van der Waals surface area contributed by atoms with Gasteiger partial charge < -0.3 is 16.0 Å². The van der Waals surface area contributed by atoms with Crippen molar-refractivity contribution >= 4 is 11.8 Å². The van der Waals surface area contributed by atoms with E-state index in [4.69, 9.17) is 5.73 Å².